The first-order chi connectivity index (χ1) is 56.8. The average molecular weight is 1650 g/mol. The molecular weight excluding hydrogens is 1610 g/mol. The van der Waals surface area contributed by atoms with Crippen LogP contribution in [0.15, 0.2) is 176 Å². The van der Waals surface area contributed by atoms with Crippen LogP contribution in [0.25, 0.3) is 83.0 Å². The zero-order valence-corrected chi connectivity index (χ0v) is 61.6. The van der Waals surface area contributed by atoms with E-state index in [0.29, 0.717) is 62.6 Å². The Labute approximate surface area is 658 Å². The van der Waals surface area contributed by atoms with Crippen LogP contribution in [0.2, 0.25) is 0 Å². The number of Topliss-reactive ketones (excluding diaryl/α,β-unsaturated/α-hetero) is 1. The van der Waals surface area contributed by atoms with Crippen LogP contribution in [0.5, 0.6) is 57.5 Å². The van der Waals surface area contributed by atoms with Crippen LogP contribution >= 0.6 is 0 Å². The number of ketones is 1. The van der Waals surface area contributed by atoms with Crippen LogP contribution in [-0.2, 0) is 12.4 Å². The van der Waals surface area contributed by atoms with Crippen molar-refractivity contribution in [3.8, 4) is 98.1 Å². The third-order valence-electron chi connectivity index (χ3n) is 20.1. The fourth-order valence-corrected chi connectivity index (χ4v) is 14.3. The van der Waals surface area contributed by atoms with Crippen LogP contribution in [0.4, 0.5) is 70.2 Å². The Hall–Kier alpha value is -15.2. The topological polar surface area (TPSA) is 221 Å². The third kappa shape index (κ3) is 12.7. The largest absolute Gasteiger partial charge is 0.450 e. The number of nitrogens with zero attached hydrogens (tertiary/aromatic N) is 7. The molecule has 5 aliphatic rings. The number of fused-ring (bicyclic) bond motifs is 10. The number of pyridine rings is 5. The monoisotopic (exact) mass is 1650 g/mol. The van der Waals surface area contributed by atoms with E-state index in [4.69, 9.17) is 34.2 Å². The van der Waals surface area contributed by atoms with Gasteiger partial charge in [-0.05, 0) is 151 Å². The molecule has 0 spiro atoms. The molecule has 0 N–H and O–H groups in total. The number of alkyl halides is 6. The molecular formula is C86H43F16N7O11. The van der Waals surface area contributed by atoms with E-state index in [2.05, 4.69) is 0 Å². The van der Waals surface area contributed by atoms with E-state index in [9.17, 15) is 99.0 Å². The van der Waals surface area contributed by atoms with E-state index in [1.165, 1.54) is 60.5 Å². The number of hydrogen-bond donors (Lipinski definition) is 0. The smallest absolute Gasteiger partial charge is 0.416 e. The summed E-state index contributed by atoms with van der Waals surface area (Å²) in [6.45, 7) is 9.17. The summed E-state index contributed by atoms with van der Waals surface area (Å²) in [4.78, 5) is 72.8. The van der Waals surface area contributed by atoms with Gasteiger partial charge >= 0.3 is 12.4 Å². The molecule has 0 fully saturated rings. The highest BCUT2D eigenvalue weighted by atomic mass is 19.4. The Balaban J connectivity index is 0.000000112. The van der Waals surface area contributed by atoms with Crippen molar-refractivity contribution >= 4 is 60.3 Å². The van der Waals surface area contributed by atoms with E-state index in [1.54, 1.807) is 89.5 Å². The number of halogens is 16. The summed E-state index contributed by atoms with van der Waals surface area (Å²) < 4.78 is 252. The maximum atomic E-state index is 14.2. The van der Waals surface area contributed by atoms with E-state index >= 15 is 0 Å². The highest BCUT2D eigenvalue weighted by Gasteiger charge is 2.38. The molecule has 34 heteroatoms. The van der Waals surface area contributed by atoms with E-state index in [1.807, 2.05) is 12.1 Å². The number of carbonyl (C=O) groups is 1. The Bertz CT molecular complexity index is 7290. The summed E-state index contributed by atoms with van der Waals surface area (Å²) >= 11 is 0. The zero-order chi connectivity index (χ0) is 86.0. The van der Waals surface area contributed by atoms with E-state index < -0.39 is 104 Å². The first-order valence-electron chi connectivity index (χ1n) is 35.0. The molecule has 120 heavy (non-hydrogen) atoms. The maximum Gasteiger partial charge on any atom is 0.416 e. The van der Waals surface area contributed by atoms with Crippen LogP contribution < -0.4 is 50.8 Å². The van der Waals surface area contributed by atoms with Gasteiger partial charge in [-0.15, -0.1) is 0 Å². The van der Waals surface area contributed by atoms with Crippen molar-refractivity contribution in [1.82, 2.24) is 22.8 Å². The molecule has 10 heterocycles. The molecule has 5 aromatic heterocycles. The molecule has 10 aromatic carbocycles. The number of aromatic nitrogens is 5. The van der Waals surface area contributed by atoms with Crippen molar-refractivity contribution in [1.29, 1.82) is 10.5 Å². The molecule has 15 aromatic rings. The lowest BCUT2D eigenvalue weighted by Crippen LogP contribution is -2.17. The van der Waals surface area contributed by atoms with Crippen LogP contribution in [0.1, 0.15) is 67.4 Å². The summed E-state index contributed by atoms with van der Waals surface area (Å²) in [6.07, 6.45) is -1.85. The average Bonchev–Trinajstić information content (AvgIpc) is 0.763. The van der Waals surface area contributed by atoms with Gasteiger partial charge in [-0.25, -0.2) is 22.0 Å². The van der Waals surface area contributed by atoms with Crippen molar-refractivity contribution in [3.63, 3.8) is 0 Å². The number of ether oxygens (including phenoxy) is 5. The van der Waals surface area contributed by atoms with Crippen molar-refractivity contribution in [2.45, 2.75) is 53.9 Å². The van der Waals surface area contributed by atoms with Gasteiger partial charge in [-0.3, -0.25) is 28.8 Å². The van der Waals surface area contributed by atoms with Crippen LogP contribution in [-0.4, -0.2) is 28.6 Å². The first kappa shape index (κ1) is 78.7. The highest BCUT2D eigenvalue weighted by molar-refractivity contribution is 5.97. The van der Waals surface area contributed by atoms with Gasteiger partial charge in [-0.1, -0.05) is 0 Å². The minimum atomic E-state index is -4.62. The highest BCUT2D eigenvalue weighted by Crippen LogP contribution is 2.50. The van der Waals surface area contributed by atoms with Gasteiger partial charge in [0.2, 0.25) is 29.1 Å². The molecule has 0 aliphatic carbocycles. The summed E-state index contributed by atoms with van der Waals surface area (Å²) in [5.74, 6) is -14.6. The Morgan fingerprint density at radius 1 is 0.317 bits per heavy atom. The molecule has 0 unspecified atom stereocenters. The van der Waals surface area contributed by atoms with Crippen molar-refractivity contribution in [2.75, 3.05) is 0 Å². The zero-order valence-electron chi connectivity index (χ0n) is 61.6. The second kappa shape index (κ2) is 28.3. The molecule has 0 saturated carbocycles. The predicted molar refractivity (Wildman–Crippen MR) is 401 cm³/mol. The molecule has 0 bridgehead atoms. The molecule has 5 aliphatic heterocycles. The second-order valence-corrected chi connectivity index (χ2v) is 27.7. The predicted octanol–water partition coefficient (Wildman–Crippen LogP) is 20.4. The molecule has 20 rings (SSSR count). The van der Waals surface area contributed by atoms with Gasteiger partial charge in [0.15, 0.2) is 120 Å². The van der Waals surface area contributed by atoms with Gasteiger partial charge in [0.05, 0.1) is 89.8 Å². The van der Waals surface area contributed by atoms with Crippen LogP contribution in [0.3, 0.4) is 0 Å². The molecule has 600 valence electrons. The Kier molecular flexibility index (Phi) is 18.6. The van der Waals surface area contributed by atoms with Crippen LogP contribution in [0, 0.1) is 115 Å². The summed E-state index contributed by atoms with van der Waals surface area (Å²) in [6, 6.07) is 27.7. The molecule has 0 amide bonds. The number of rotatable bonds is 1. The molecule has 0 radical (unpaired) electrons. The van der Waals surface area contributed by atoms with Gasteiger partial charge < -0.3 is 46.5 Å². The lowest BCUT2D eigenvalue weighted by atomic mass is 10.1. The number of nitriles is 2. The Morgan fingerprint density at radius 2 is 0.533 bits per heavy atom. The fourth-order valence-electron chi connectivity index (χ4n) is 14.3. The van der Waals surface area contributed by atoms with Crippen molar-refractivity contribution in [3.05, 3.63) is 317 Å². The quantitative estimate of drug-likeness (QED) is 0.110. The SMILES string of the molecule is CC(=O)c1ccc2c(c1)Oc1c(F)c(F)cc3c(=O)c(C)cn-2c13.Cc1cn2c3c(c(F)c(F)cc3c1=O)Oc1cc(C#N)ccc1-2.Cc1cn2c3c(c(F)c(F)cc3c1=O)Oc1cc(C#N)ccc1-2.Cc1cn2c3c(c(F)c(F)cc3c1=O)Oc1cc(C(F)(F)F)ccc1-2.Cc1cn2c3c(c(F)c(F)cc3c1=O)Oc1cc(C(F)(F)F)ccc1-2. The molecule has 0 atom stereocenters. The Morgan fingerprint density at radius 3 is 0.758 bits per heavy atom. The molecule has 0 saturated heterocycles. The summed E-state index contributed by atoms with van der Waals surface area (Å²) in [7, 11) is 0. The van der Waals surface area contributed by atoms with E-state index in [-0.39, 0.29) is 145 Å². The van der Waals surface area contributed by atoms with E-state index in [0.717, 1.165) is 54.6 Å². The minimum Gasteiger partial charge on any atom is -0.450 e. The van der Waals surface area contributed by atoms with Crippen molar-refractivity contribution in [2.24, 2.45) is 0 Å². The van der Waals surface area contributed by atoms with Crippen molar-refractivity contribution < 1.29 is 98.7 Å². The van der Waals surface area contributed by atoms with Gasteiger partial charge in [0, 0.05) is 76.5 Å². The fraction of sp³-hybridized carbons (Fsp3) is 0.0930. The normalized spacial score (nSPS) is 12.3. The minimum absolute atomic E-state index is 0.0261. The number of aryl methyl sites for hydroxylation is 5. The third-order valence-corrected chi connectivity index (χ3v) is 20.1. The summed E-state index contributed by atoms with van der Waals surface area (Å²) in [5.41, 5.74) is 1.09. The standard InChI is InChI=1S/C18H11F2NO3.2C17H8F5NO2.2C17H8F2N2O2/c1-8-7-21-13-4-3-10(9(2)22)5-14(13)24-18-15(20)12(19)6-11(16(18)21)17(8)23;2*1-7-6-23-11-3-2-8(17(20,21)22)4-12(11)25-16-13(19)10(18)5-9(14(16)23)15(7)24;2*1-8-7-21-12-3-2-9(6-20)4-13(12)23-17-14(19)11(18)5-10(15(17)21)16(8)22/h3-7H,1-2H3;2*2-6H,1H3;2*2-5,7H,1H3. The first-order valence-corrected chi connectivity index (χ1v) is 35.0. The second-order valence-electron chi connectivity index (χ2n) is 27.7. The maximum absolute atomic E-state index is 14.2. The van der Waals surface area contributed by atoms with Gasteiger partial charge in [-0.2, -0.15) is 58.8 Å². The lowest BCUT2D eigenvalue weighted by Gasteiger charge is -2.24. The lowest BCUT2D eigenvalue weighted by molar-refractivity contribution is -0.138. The number of benzene rings is 10. The summed E-state index contributed by atoms with van der Waals surface area (Å²) in [5, 5.41) is 17.9. The van der Waals surface area contributed by atoms with Gasteiger partial charge in [0.1, 0.15) is 27.6 Å². The van der Waals surface area contributed by atoms with Gasteiger partial charge in [0.25, 0.3) is 0 Å². The number of hydrogen-bond acceptors (Lipinski definition) is 13. The number of carbonyl (C=O) groups excluding carboxylic acids is 1. The molecule has 18 nitrogen and oxygen atoms in total.